The Kier molecular flexibility index (Phi) is 6.11. The molecule has 19 heavy (non-hydrogen) atoms. The van der Waals surface area contributed by atoms with Crippen LogP contribution in [-0.4, -0.2) is 42.2 Å². The SMILES string of the molecule is CCOC(CNC(=O)c1c(O)cccc1O)OCC. The van der Waals surface area contributed by atoms with Crippen LogP contribution in [0.1, 0.15) is 24.2 Å². The van der Waals surface area contributed by atoms with Crippen LogP contribution < -0.4 is 5.32 Å². The lowest BCUT2D eigenvalue weighted by molar-refractivity contribution is -0.131. The highest BCUT2D eigenvalue weighted by Crippen LogP contribution is 2.25. The molecule has 0 radical (unpaired) electrons. The zero-order valence-electron chi connectivity index (χ0n) is 11.0. The second-order valence-corrected chi connectivity index (χ2v) is 3.72. The van der Waals surface area contributed by atoms with E-state index in [0.717, 1.165) is 0 Å². The van der Waals surface area contributed by atoms with Gasteiger partial charge in [0.2, 0.25) is 0 Å². The zero-order valence-corrected chi connectivity index (χ0v) is 11.0. The molecule has 1 aromatic rings. The van der Waals surface area contributed by atoms with Crippen molar-refractivity contribution in [3.05, 3.63) is 23.8 Å². The van der Waals surface area contributed by atoms with Crippen LogP contribution in [0.2, 0.25) is 0 Å². The third-order valence-corrected chi connectivity index (χ3v) is 2.38. The Bertz CT molecular complexity index is 395. The summed E-state index contributed by atoms with van der Waals surface area (Å²) in [6.07, 6.45) is -0.549. The lowest BCUT2D eigenvalue weighted by Crippen LogP contribution is -2.35. The minimum absolute atomic E-state index is 0.133. The van der Waals surface area contributed by atoms with E-state index in [1.165, 1.54) is 18.2 Å². The molecule has 106 valence electrons. The fraction of sp³-hybridized carbons (Fsp3) is 0.462. The van der Waals surface area contributed by atoms with Gasteiger partial charge in [0.1, 0.15) is 17.1 Å². The summed E-state index contributed by atoms with van der Waals surface area (Å²) in [5, 5.41) is 21.6. The summed E-state index contributed by atoms with van der Waals surface area (Å²) in [5.41, 5.74) is -0.158. The molecule has 0 aliphatic carbocycles. The Morgan fingerprint density at radius 1 is 1.21 bits per heavy atom. The Morgan fingerprint density at radius 3 is 2.21 bits per heavy atom. The van der Waals surface area contributed by atoms with Gasteiger partial charge in [0.25, 0.3) is 5.91 Å². The van der Waals surface area contributed by atoms with Crippen LogP contribution in [-0.2, 0) is 9.47 Å². The van der Waals surface area contributed by atoms with E-state index in [-0.39, 0.29) is 23.6 Å². The van der Waals surface area contributed by atoms with E-state index >= 15 is 0 Å². The van der Waals surface area contributed by atoms with Gasteiger partial charge in [-0.15, -0.1) is 0 Å². The number of phenols is 2. The molecule has 6 heteroatoms. The average Bonchev–Trinajstić information content (AvgIpc) is 2.36. The van der Waals surface area contributed by atoms with Crippen LogP contribution in [0.15, 0.2) is 18.2 Å². The summed E-state index contributed by atoms with van der Waals surface area (Å²) in [7, 11) is 0. The molecular weight excluding hydrogens is 250 g/mol. The largest absolute Gasteiger partial charge is 0.507 e. The van der Waals surface area contributed by atoms with Gasteiger partial charge in [0.15, 0.2) is 6.29 Å². The Morgan fingerprint density at radius 2 is 1.74 bits per heavy atom. The number of benzene rings is 1. The third kappa shape index (κ3) is 4.42. The number of ether oxygens (including phenoxy) is 2. The first-order valence-corrected chi connectivity index (χ1v) is 6.12. The maximum absolute atomic E-state index is 11.9. The topological polar surface area (TPSA) is 88.0 Å². The van der Waals surface area contributed by atoms with Crippen molar-refractivity contribution in [1.82, 2.24) is 5.32 Å². The van der Waals surface area contributed by atoms with E-state index in [1.807, 2.05) is 13.8 Å². The highest BCUT2D eigenvalue weighted by atomic mass is 16.7. The van der Waals surface area contributed by atoms with Crippen molar-refractivity contribution in [3.63, 3.8) is 0 Å². The van der Waals surface area contributed by atoms with Crippen molar-refractivity contribution < 1.29 is 24.5 Å². The van der Waals surface area contributed by atoms with E-state index < -0.39 is 12.2 Å². The molecule has 0 fully saturated rings. The van der Waals surface area contributed by atoms with E-state index in [9.17, 15) is 15.0 Å². The molecule has 1 rings (SSSR count). The monoisotopic (exact) mass is 269 g/mol. The van der Waals surface area contributed by atoms with E-state index in [2.05, 4.69) is 5.32 Å². The van der Waals surface area contributed by atoms with E-state index in [1.54, 1.807) is 0 Å². The molecule has 0 atom stereocenters. The van der Waals surface area contributed by atoms with E-state index in [0.29, 0.717) is 13.2 Å². The normalized spacial score (nSPS) is 10.7. The second kappa shape index (κ2) is 7.60. The quantitative estimate of drug-likeness (QED) is 0.648. The fourth-order valence-electron chi connectivity index (χ4n) is 1.56. The van der Waals surface area contributed by atoms with Crippen LogP contribution in [0.5, 0.6) is 11.5 Å². The van der Waals surface area contributed by atoms with Gasteiger partial charge in [-0.25, -0.2) is 0 Å². The Labute approximate surface area is 112 Å². The van der Waals surface area contributed by atoms with Crippen LogP contribution in [0.4, 0.5) is 0 Å². The predicted molar refractivity (Wildman–Crippen MR) is 69.1 cm³/mol. The number of amides is 1. The van der Waals surface area contributed by atoms with Crippen LogP contribution in [0.3, 0.4) is 0 Å². The van der Waals surface area contributed by atoms with Gasteiger partial charge < -0.3 is 25.0 Å². The maximum Gasteiger partial charge on any atom is 0.259 e. The molecule has 0 aromatic heterocycles. The maximum atomic E-state index is 11.9. The number of aromatic hydroxyl groups is 2. The van der Waals surface area contributed by atoms with Gasteiger partial charge in [-0.3, -0.25) is 4.79 Å². The molecule has 0 aliphatic heterocycles. The van der Waals surface area contributed by atoms with Crippen LogP contribution >= 0.6 is 0 Å². The van der Waals surface area contributed by atoms with Crippen molar-refractivity contribution in [1.29, 1.82) is 0 Å². The molecule has 1 aromatic carbocycles. The Hall–Kier alpha value is -1.79. The first-order chi connectivity index (χ1) is 9.10. The zero-order chi connectivity index (χ0) is 14.3. The fourth-order valence-corrected chi connectivity index (χ4v) is 1.56. The number of rotatable bonds is 7. The van der Waals surface area contributed by atoms with Crippen LogP contribution in [0.25, 0.3) is 0 Å². The molecule has 0 aliphatic rings. The number of hydrogen-bond acceptors (Lipinski definition) is 5. The number of nitrogens with one attached hydrogen (secondary N) is 1. The van der Waals surface area contributed by atoms with Crippen molar-refractivity contribution in [3.8, 4) is 11.5 Å². The molecule has 0 spiro atoms. The van der Waals surface area contributed by atoms with Gasteiger partial charge >= 0.3 is 0 Å². The first-order valence-electron chi connectivity index (χ1n) is 6.12. The van der Waals surface area contributed by atoms with Gasteiger partial charge in [0.05, 0.1) is 6.54 Å². The summed E-state index contributed by atoms with van der Waals surface area (Å²) in [4.78, 5) is 11.9. The van der Waals surface area contributed by atoms with Gasteiger partial charge in [-0.1, -0.05) is 6.07 Å². The number of hydrogen-bond donors (Lipinski definition) is 3. The minimum Gasteiger partial charge on any atom is -0.507 e. The van der Waals surface area contributed by atoms with Crippen LogP contribution in [0, 0.1) is 0 Å². The Balaban J connectivity index is 2.64. The number of carbonyl (C=O) groups is 1. The molecule has 0 saturated carbocycles. The molecule has 1 amide bonds. The number of phenolic OH excluding ortho intramolecular Hbond substituents is 2. The highest BCUT2D eigenvalue weighted by molar-refractivity contribution is 5.99. The predicted octanol–water partition coefficient (Wildman–Crippen LogP) is 1.23. The molecule has 0 saturated heterocycles. The standard InChI is InChI=1S/C13H19NO5/c1-3-18-11(19-4-2)8-14-13(17)12-9(15)6-5-7-10(12)16/h5-7,11,15-16H,3-4,8H2,1-2H3,(H,14,17). The molecule has 0 bridgehead atoms. The van der Waals surface area contributed by atoms with Crippen molar-refractivity contribution in [2.45, 2.75) is 20.1 Å². The summed E-state index contributed by atoms with van der Waals surface area (Å²) in [5.74, 6) is -1.14. The lowest BCUT2D eigenvalue weighted by atomic mass is 10.1. The van der Waals surface area contributed by atoms with Crippen molar-refractivity contribution in [2.75, 3.05) is 19.8 Å². The summed E-state index contributed by atoms with van der Waals surface area (Å²) in [6.45, 7) is 4.70. The summed E-state index contributed by atoms with van der Waals surface area (Å²) >= 11 is 0. The smallest absolute Gasteiger partial charge is 0.259 e. The molecule has 0 heterocycles. The van der Waals surface area contributed by atoms with Crippen molar-refractivity contribution >= 4 is 5.91 Å². The molecule has 0 unspecified atom stereocenters. The van der Waals surface area contributed by atoms with Gasteiger partial charge in [-0.2, -0.15) is 0 Å². The molecule has 6 nitrogen and oxygen atoms in total. The lowest BCUT2D eigenvalue weighted by Gasteiger charge is -2.17. The van der Waals surface area contributed by atoms with Crippen molar-refractivity contribution in [2.24, 2.45) is 0 Å². The van der Waals surface area contributed by atoms with E-state index in [4.69, 9.17) is 9.47 Å². The van der Waals surface area contributed by atoms with Gasteiger partial charge in [-0.05, 0) is 26.0 Å². The molecule has 3 N–H and O–H groups in total. The molecular formula is C13H19NO5. The van der Waals surface area contributed by atoms with Gasteiger partial charge in [0, 0.05) is 13.2 Å². The minimum atomic E-state index is -0.583. The summed E-state index contributed by atoms with van der Waals surface area (Å²) in [6, 6.07) is 4.11. The second-order valence-electron chi connectivity index (χ2n) is 3.72. The number of carbonyl (C=O) groups excluding carboxylic acids is 1. The average molecular weight is 269 g/mol. The summed E-state index contributed by atoms with van der Waals surface area (Å²) < 4.78 is 10.5. The third-order valence-electron chi connectivity index (χ3n) is 2.38. The first kappa shape index (κ1) is 15.3. The highest BCUT2D eigenvalue weighted by Gasteiger charge is 2.17.